The van der Waals surface area contributed by atoms with Crippen LogP contribution in [0, 0.1) is 5.92 Å². The Morgan fingerprint density at radius 1 is 1.47 bits per heavy atom. The normalized spacial score (nSPS) is 37.1. The summed E-state index contributed by atoms with van der Waals surface area (Å²) in [5.41, 5.74) is 0.387. The first-order chi connectivity index (χ1) is 8.10. The summed E-state index contributed by atoms with van der Waals surface area (Å²) in [6.07, 6.45) is 6.36. The molecule has 1 aliphatic carbocycles. The first kappa shape index (κ1) is 13.7. The molecule has 3 heteroatoms. The summed E-state index contributed by atoms with van der Waals surface area (Å²) in [7, 11) is 0. The lowest BCUT2D eigenvalue weighted by molar-refractivity contribution is 0.0497. The van der Waals surface area contributed by atoms with Crippen molar-refractivity contribution in [1.82, 2.24) is 10.2 Å². The van der Waals surface area contributed by atoms with Crippen LogP contribution in [0.15, 0.2) is 0 Å². The van der Waals surface area contributed by atoms with Crippen molar-refractivity contribution >= 4 is 11.8 Å². The van der Waals surface area contributed by atoms with Crippen molar-refractivity contribution in [2.75, 3.05) is 25.1 Å². The summed E-state index contributed by atoms with van der Waals surface area (Å²) in [6, 6.07) is 1.46. The van der Waals surface area contributed by atoms with Gasteiger partial charge in [-0.1, -0.05) is 6.92 Å². The summed E-state index contributed by atoms with van der Waals surface area (Å²) >= 11 is 1.98. The van der Waals surface area contributed by atoms with E-state index in [2.05, 4.69) is 37.2 Å². The van der Waals surface area contributed by atoms with Crippen LogP contribution in [0.3, 0.4) is 0 Å². The Labute approximate surface area is 111 Å². The molecule has 17 heavy (non-hydrogen) atoms. The average Bonchev–Trinajstić information content (AvgIpc) is 3.13. The first-order valence-corrected chi connectivity index (χ1v) is 8.49. The van der Waals surface area contributed by atoms with E-state index < -0.39 is 0 Å². The van der Waals surface area contributed by atoms with Crippen LogP contribution in [0.5, 0.6) is 0 Å². The Hall–Kier alpha value is 0.270. The van der Waals surface area contributed by atoms with Gasteiger partial charge in [0, 0.05) is 36.5 Å². The SMILES string of the molecule is CCC1CNC(C)(C2CC2)CN1C(C)CSC. The fourth-order valence-electron chi connectivity index (χ4n) is 3.26. The number of hydrogen-bond acceptors (Lipinski definition) is 3. The molecule has 0 aromatic heterocycles. The van der Waals surface area contributed by atoms with Crippen LogP contribution in [-0.4, -0.2) is 47.6 Å². The largest absolute Gasteiger partial charge is 0.308 e. The molecule has 2 aliphatic rings. The standard InChI is InChI=1S/C14H28N2S/c1-5-13-8-15-14(3,12-6-7-12)10-16(13)11(2)9-17-4/h11-13,15H,5-10H2,1-4H3. The van der Waals surface area contributed by atoms with Crippen molar-refractivity contribution < 1.29 is 0 Å². The van der Waals surface area contributed by atoms with Gasteiger partial charge in [-0.05, 0) is 45.3 Å². The second-order valence-corrected chi connectivity index (χ2v) is 7.02. The molecule has 0 aromatic carbocycles. The molecule has 2 fully saturated rings. The maximum Gasteiger partial charge on any atom is 0.0309 e. The molecule has 0 radical (unpaired) electrons. The fraction of sp³-hybridized carbons (Fsp3) is 1.00. The van der Waals surface area contributed by atoms with E-state index in [1.54, 1.807) is 0 Å². The van der Waals surface area contributed by atoms with Crippen molar-refractivity contribution in [3.05, 3.63) is 0 Å². The lowest BCUT2D eigenvalue weighted by atomic mass is 9.89. The Morgan fingerprint density at radius 3 is 2.71 bits per heavy atom. The van der Waals surface area contributed by atoms with E-state index in [1.165, 1.54) is 38.1 Å². The van der Waals surface area contributed by atoms with E-state index in [9.17, 15) is 0 Å². The van der Waals surface area contributed by atoms with Crippen LogP contribution in [0.2, 0.25) is 0 Å². The number of hydrogen-bond donors (Lipinski definition) is 1. The van der Waals surface area contributed by atoms with Gasteiger partial charge < -0.3 is 5.32 Å². The predicted octanol–water partition coefficient (Wildman–Crippen LogP) is 2.59. The second-order valence-electron chi connectivity index (χ2n) is 6.11. The molecule has 0 spiro atoms. The van der Waals surface area contributed by atoms with Gasteiger partial charge >= 0.3 is 0 Å². The van der Waals surface area contributed by atoms with E-state index >= 15 is 0 Å². The molecule has 1 aliphatic heterocycles. The quantitative estimate of drug-likeness (QED) is 0.814. The number of nitrogens with zero attached hydrogens (tertiary/aromatic N) is 1. The van der Waals surface area contributed by atoms with Crippen molar-refractivity contribution in [2.24, 2.45) is 5.92 Å². The van der Waals surface area contributed by atoms with Crippen LogP contribution >= 0.6 is 11.8 Å². The third kappa shape index (κ3) is 2.99. The topological polar surface area (TPSA) is 15.3 Å². The van der Waals surface area contributed by atoms with E-state index in [1.807, 2.05) is 11.8 Å². The summed E-state index contributed by atoms with van der Waals surface area (Å²) in [5.74, 6) is 2.20. The fourth-order valence-corrected chi connectivity index (χ4v) is 3.93. The highest BCUT2D eigenvalue weighted by Crippen LogP contribution is 2.41. The molecule has 1 saturated carbocycles. The third-order valence-electron chi connectivity index (χ3n) is 4.65. The lowest BCUT2D eigenvalue weighted by Crippen LogP contribution is -2.65. The van der Waals surface area contributed by atoms with Crippen LogP contribution in [0.4, 0.5) is 0 Å². The zero-order chi connectivity index (χ0) is 12.5. The smallest absolute Gasteiger partial charge is 0.0309 e. The lowest BCUT2D eigenvalue weighted by Gasteiger charge is -2.49. The highest BCUT2D eigenvalue weighted by Gasteiger charge is 2.46. The van der Waals surface area contributed by atoms with Crippen LogP contribution in [0.25, 0.3) is 0 Å². The first-order valence-electron chi connectivity index (χ1n) is 7.10. The molecule has 0 bridgehead atoms. The number of piperazine rings is 1. The Bertz CT molecular complexity index is 255. The minimum atomic E-state index is 0.387. The maximum absolute atomic E-state index is 3.84. The minimum absolute atomic E-state index is 0.387. The molecule has 3 unspecified atom stereocenters. The van der Waals surface area contributed by atoms with Gasteiger partial charge in [0.1, 0.15) is 0 Å². The van der Waals surface area contributed by atoms with Gasteiger partial charge in [-0.3, -0.25) is 4.90 Å². The van der Waals surface area contributed by atoms with Crippen molar-refractivity contribution in [2.45, 2.75) is 57.7 Å². The van der Waals surface area contributed by atoms with Gasteiger partial charge in [0.15, 0.2) is 0 Å². The predicted molar refractivity (Wildman–Crippen MR) is 77.8 cm³/mol. The van der Waals surface area contributed by atoms with Gasteiger partial charge in [0.05, 0.1) is 0 Å². The van der Waals surface area contributed by atoms with Crippen molar-refractivity contribution in [3.63, 3.8) is 0 Å². The van der Waals surface area contributed by atoms with Gasteiger partial charge in [0.2, 0.25) is 0 Å². The molecule has 2 nitrogen and oxygen atoms in total. The monoisotopic (exact) mass is 256 g/mol. The van der Waals surface area contributed by atoms with Gasteiger partial charge in [-0.25, -0.2) is 0 Å². The van der Waals surface area contributed by atoms with Crippen molar-refractivity contribution in [3.8, 4) is 0 Å². The van der Waals surface area contributed by atoms with Crippen LogP contribution in [0.1, 0.15) is 40.0 Å². The number of nitrogens with one attached hydrogen (secondary N) is 1. The molecule has 2 rings (SSSR count). The van der Waals surface area contributed by atoms with Crippen LogP contribution in [-0.2, 0) is 0 Å². The highest BCUT2D eigenvalue weighted by atomic mass is 32.2. The molecule has 3 atom stereocenters. The maximum atomic E-state index is 3.84. The van der Waals surface area contributed by atoms with E-state index in [-0.39, 0.29) is 0 Å². The summed E-state index contributed by atoms with van der Waals surface area (Å²) in [5, 5.41) is 3.84. The Kier molecular flexibility index (Phi) is 4.43. The van der Waals surface area contributed by atoms with Crippen molar-refractivity contribution in [1.29, 1.82) is 0 Å². The summed E-state index contributed by atoms with van der Waals surface area (Å²) < 4.78 is 0. The molecule has 0 amide bonds. The zero-order valence-corrected chi connectivity index (χ0v) is 12.6. The van der Waals surface area contributed by atoms with Crippen LogP contribution < -0.4 is 5.32 Å². The molecule has 1 heterocycles. The summed E-state index contributed by atoms with van der Waals surface area (Å²) in [4.78, 5) is 2.77. The van der Waals surface area contributed by atoms with E-state index in [4.69, 9.17) is 0 Å². The second kappa shape index (κ2) is 5.50. The Morgan fingerprint density at radius 2 is 2.18 bits per heavy atom. The zero-order valence-electron chi connectivity index (χ0n) is 11.8. The van der Waals surface area contributed by atoms with Gasteiger partial charge in [-0.2, -0.15) is 11.8 Å². The average molecular weight is 256 g/mol. The number of rotatable bonds is 5. The molecular weight excluding hydrogens is 228 g/mol. The van der Waals surface area contributed by atoms with Gasteiger partial charge in [0.25, 0.3) is 0 Å². The van der Waals surface area contributed by atoms with E-state index in [0.717, 1.165) is 18.0 Å². The number of thioether (sulfide) groups is 1. The molecule has 0 aromatic rings. The van der Waals surface area contributed by atoms with E-state index in [0.29, 0.717) is 5.54 Å². The third-order valence-corrected chi connectivity index (χ3v) is 5.46. The molecular formula is C14H28N2S. The molecule has 1 saturated heterocycles. The minimum Gasteiger partial charge on any atom is -0.308 e. The highest BCUT2D eigenvalue weighted by molar-refractivity contribution is 7.98. The summed E-state index contributed by atoms with van der Waals surface area (Å²) in [6.45, 7) is 9.60. The van der Waals surface area contributed by atoms with Gasteiger partial charge in [-0.15, -0.1) is 0 Å². The Balaban J connectivity index is 2.02. The molecule has 1 N–H and O–H groups in total. The molecule has 100 valence electrons.